The van der Waals surface area contributed by atoms with E-state index in [1.54, 1.807) is 21.7 Å². The Bertz CT molecular complexity index is 903. The summed E-state index contributed by atoms with van der Waals surface area (Å²) in [6.07, 6.45) is 1.51. The molecule has 1 aromatic carbocycles. The van der Waals surface area contributed by atoms with Crippen LogP contribution in [0, 0.1) is 6.92 Å². The molecule has 1 aliphatic heterocycles. The van der Waals surface area contributed by atoms with Crippen LogP contribution in [0.25, 0.3) is 5.69 Å². The number of benzene rings is 1. The highest BCUT2D eigenvalue weighted by Gasteiger charge is 2.28. The second-order valence-electron chi connectivity index (χ2n) is 6.19. The van der Waals surface area contributed by atoms with Gasteiger partial charge in [-0.1, -0.05) is 0 Å². The Kier molecular flexibility index (Phi) is 4.07. The molecule has 2 aromatic heterocycles. The topological polar surface area (TPSA) is 104 Å². The van der Waals surface area contributed by atoms with Crippen LogP contribution in [0.3, 0.4) is 0 Å². The minimum Gasteiger partial charge on any atom is -0.484 e. The van der Waals surface area contributed by atoms with Gasteiger partial charge in [0, 0.05) is 6.54 Å². The lowest BCUT2D eigenvalue weighted by molar-refractivity contribution is -0.135. The quantitative estimate of drug-likeness (QED) is 0.673. The summed E-state index contributed by atoms with van der Waals surface area (Å²) in [6.45, 7) is 5.02. The molecule has 3 aromatic rings. The highest BCUT2D eigenvalue weighted by molar-refractivity contribution is 5.77. The van der Waals surface area contributed by atoms with Crippen LogP contribution in [0.1, 0.15) is 24.6 Å². The summed E-state index contributed by atoms with van der Waals surface area (Å²) in [7, 11) is 0. The van der Waals surface area contributed by atoms with Gasteiger partial charge in [-0.2, -0.15) is 0 Å². The molecule has 1 aliphatic rings. The largest absolute Gasteiger partial charge is 0.484 e. The molecule has 134 valence electrons. The third-order valence-corrected chi connectivity index (χ3v) is 4.36. The number of hydrogen-bond donors (Lipinski definition) is 0. The molecule has 0 fully saturated rings. The SMILES string of the molecule is Cc1nnc2n1[C@H](C)CN(C(=O)COc1ccc(-n3cnnn3)cc1)C2. The molecule has 0 bridgehead atoms. The summed E-state index contributed by atoms with van der Waals surface area (Å²) in [6, 6.07) is 7.36. The van der Waals surface area contributed by atoms with Gasteiger partial charge >= 0.3 is 0 Å². The minimum atomic E-state index is -0.0756. The first-order valence-corrected chi connectivity index (χ1v) is 8.26. The van der Waals surface area contributed by atoms with Gasteiger partial charge in [-0.05, 0) is 48.5 Å². The van der Waals surface area contributed by atoms with Crippen molar-refractivity contribution in [2.24, 2.45) is 0 Å². The molecule has 0 radical (unpaired) electrons. The first kappa shape index (κ1) is 16.2. The average Bonchev–Trinajstić information content (AvgIpc) is 3.30. The fourth-order valence-electron chi connectivity index (χ4n) is 3.13. The maximum Gasteiger partial charge on any atom is 0.260 e. The smallest absolute Gasteiger partial charge is 0.260 e. The number of tetrazole rings is 1. The average molecular weight is 354 g/mol. The van der Waals surface area contributed by atoms with E-state index in [-0.39, 0.29) is 18.6 Å². The van der Waals surface area contributed by atoms with Crippen molar-refractivity contribution in [3.05, 3.63) is 42.2 Å². The third kappa shape index (κ3) is 3.01. The second-order valence-corrected chi connectivity index (χ2v) is 6.19. The molecule has 10 nitrogen and oxygen atoms in total. The number of amides is 1. The van der Waals surface area contributed by atoms with Gasteiger partial charge in [0.15, 0.2) is 12.4 Å². The van der Waals surface area contributed by atoms with Gasteiger partial charge in [-0.3, -0.25) is 4.79 Å². The van der Waals surface area contributed by atoms with E-state index in [0.29, 0.717) is 18.8 Å². The molecule has 0 spiro atoms. The van der Waals surface area contributed by atoms with E-state index in [4.69, 9.17) is 4.74 Å². The van der Waals surface area contributed by atoms with E-state index in [2.05, 4.69) is 37.2 Å². The number of rotatable bonds is 4. The third-order valence-electron chi connectivity index (χ3n) is 4.36. The van der Waals surface area contributed by atoms with Crippen molar-refractivity contribution < 1.29 is 9.53 Å². The summed E-state index contributed by atoms with van der Waals surface area (Å²) in [4.78, 5) is 14.3. The second kappa shape index (κ2) is 6.54. The van der Waals surface area contributed by atoms with Gasteiger partial charge < -0.3 is 14.2 Å². The number of fused-ring (bicyclic) bond motifs is 1. The lowest BCUT2D eigenvalue weighted by Crippen LogP contribution is -2.42. The Morgan fingerprint density at radius 3 is 2.81 bits per heavy atom. The molecule has 10 heteroatoms. The molecule has 0 N–H and O–H groups in total. The number of aromatic nitrogens is 7. The van der Waals surface area contributed by atoms with Gasteiger partial charge in [-0.25, -0.2) is 4.68 Å². The molecule has 0 unspecified atom stereocenters. The Hall–Kier alpha value is -3.30. The molecule has 0 saturated carbocycles. The number of aryl methyl sites for hydroxylation is 1. The van der Waals surface area contributed by atoms with Crippen molar-refractivity contribution in [3.63, 3.8) is 0 Å². The van der Waals surface area contributed by atoms with E-state index >= 15 is 0 Å². The van der Waals surface area contributed by atoms with Gasteiger partial charge in [0.2, 0.25) is 0 Å². The fraction of sp³-hybridized carbons (Fsp3) is 0.375. The Morgan fingerprint density at radius 2 is 2.08 bits per heavy atom. The predicted molar refractivity (Wildman–Crippen MR) is 89.5 cm³/mol. The number of carbonyl (C=O) groups is 1. The van der Waals surface area contributed by atoms with Crippen LogP contribution in [0.5, 0.6) is 5.75 Å². The van der Waals surface area contributed by atoms with Crippen LogP contribution in [0.4, 0.5) is 0 Å². The summed E-state index contributed by atoms with van der Waals surface area (Å²) >= 11 is 0. The van der Waals surface area contributed by atoms with Crippen molar-refractivity contribution in [2.45, 2.75) is 26.4 Å². The molecule has 0 saturated heterocycles. The van der Waals surface area contributed by atoms with Gasteiger partial charge in [-0.15, -0.1) is 15.3 Å². The monoisotopic (exact) mass is 354 g/mol. The van der Waals surface area contributed by atoms with Crippen LogP contribution in [0.15, 0.2) is 30.6 Å². The lowest BCUT2D eigenvalue weighted by atomic mass is 10.2. The van der Waals surface area contributed by atoms with Crippen molar-refractivity contribution in [2.75, 3.05) is 13.2 Å². The van der Waals surface area contributed by atoms with Crippen LogP contribution < -0.4 is 4.74 Å². The zero-order valence-corrected chi connectivity index (χ0v) is 14.5. The van der Waals surface area contributed by atoms with Gasteiger partial charge in [0.1, 0.15) is 17.9 Å². The Morgan fingerprint density at radius 1 is 1.27 bits per heavy atom. The van der Waals surface area contributed by atoms with Crippen molar-refractivity contribution >= 4 is 5.91 Å². The summed E-state index contributed by atoms with van der Waals surface area (Å²) < 4.78 is 9.24. The number of hydrogen-bond acceptors (Lipinski definition) is 7. The van der Waals surface area contributed by atoms with Gasteiger partial charge in [0.25, 0.3) is 5.91 Å². The highest BCUT2D eigenvalue weighted by Crippen LogP contribution is 2.21. The number of nitrogens with zero attached hydrogens (tertiary/aromatic N) is 8. The summed E-state index contributed by atoms with van der Waals surface area (Å²) in [5, 5.41) is 19.3. The Balaban J connectivity index is 1.37. The molecule has 4 rings (SSSR count). The number of ether oxygens (including phenoxy) is 1. The maximum absolute atomic E-state index is 12.5. The normalized spacial score (nSPS) is 16.4. The molecule has 1 amide bonds. The standard InChI is InChI=1S/C16H18N8O2/c1-11-7-22(8-15-19-18-12(2)24(11)15)16(25)9-26-14-5-3-13(4-6-14)23-10-17-20-21-23/h3-6,10-11H,7-9H2,1-2H3/t11-/m1/s1. The van der Waals surface area contributed by atoms with Crippen molar-refractivity contribution in [1.29, 1.82) is 0 Å². The first-order chi connectivity index (χ1) is 12.6. The molecule has 0 aliphatic carbocycles. The van der Waals surface area contributed by atoms with E-state index < -0.39 is 0 Å². The maximum atomic E-state index is 12.5. The molecule has 3 heterocycles. The molecular weight excluding hydrogens is 336 g/mol. The molecular formula is C16H18N8O2. The molecule has 1 atom stereocenters. The molecule has 26 heavy (non-hydrogen) atoms. The van der Waals surface area contributed by atoms with E-state index in [9.17, 15) is 4.79 Å². The van der Waals surface area contributed by atoms with Crippen LogP contribution in [-0.4, -0.2) is 58.9 Å². The van der Waals surface area contributed by atoms with E-state index in [1.165, 1.54) is 6.33 Å². The van der Waals surface area contributed by atoms with Gasteiger partial charge in [0.05, 0.1) is 18.3 Å². The zero-order valence-electron chi connectivity index (χ0n) is 14.5. The summed E-state index contributed by atoms with van der Waals surface area (Å²) in [5.41, 5.74) is 0.813. The first-order valence-electron chi connectivity index (χ1n) is 8.26. The zero-order chi connectivity index (χ0) is 18.1. The Labute approximate surface area is 149 Å². The number of carbonyl (C=O) groups excluding carboxylic acids is 1. The van der Waals surface area contributed by atoms with Crippen molar-refractivity contribution in [1.82, 2.24) is 39.9 Å². The lowest BCUT2D eigenvalue weighted by Gasteiger charge is -2.32. The van der Waals surface area contributed by atoms with E-state index in [1.807, 2.05) is 19.1 Å². The highest BCUT2D eigenvalue weighted by atomic mass is 16.5. The fourth-order valence-corrected chi connectivity index (χ4v) is 3.13. The predicted octanol–water partition coefficient (Wildman–Crippen LogP) is 0.544. The van der Waals surface area contributed by atoms with Crippen LogP contribution >= 0.6 is 0 Å². The van der Waals surface area contributed by atoms with E-state index in [0.717, 1.165) is 17.3 Å². The van der Waals surface area contributed by atoms with Crippen molar-refractivity contribution in [3.8, 4) is 11.4 Å². The summed E-state index contributed by atoms with van der Waals surface area (Å²) in [5.74, 6) is 2.21. The van der Waals surface area contributed by atoms with Crippen LogP contribution in [0.2, 0.25) is 0 Å². The minimum absolute atomic E-state index is 0.0237. The van der Waals surface area contributed by atoms with Crippen LogP contribution in [-0.2, 0) is 11.3 Å².